The number of carbonyl (C=O) groups excluding carboxylic acids is 2. The molecule has 1 atom stereocenters. The predicted octanol–water partition coefficient (Wildman–Crippen LogP) is 1.18. The number of methoxy groups -OCH3 is 1. The molecule has 2 aliphatic rings. The van der Waals surface area contributed by atoms with Crippen molar-refractivity contribution in [1.29, 1.82) is 0 Å². The highest BCUT2D eigenvalue weighted by Gasteiger charge is 2.29. The summed E-state index contributed by atoms with van der Waals surface area (Å²) in [4.78, 5) is 28.4. The second-order valence-corrected chi connectivity index (χ2v) is 6.15. The number of ether oxygens (including phenoxy) is 1. The van der Waals surface area contributed by atoms with E-state index in [4.69, 9.17) is 10.5 Å². The summed E-state index contributed by atoms with van der Waals surface area (Å²) < 4.78 is 5.36. The van der Waals surface area contributed by atoms with Crippen molar-refractivity contribution >= 4 is 17.6 Å². The van der Waals surface area contributed by atoms with Gasteiger partial charge in [0.05, 0.1) is 12.8 Å². The van der Waals surface area contributed by atoms with Crippen LogP contribution in [0.25, 0.3) is 0 Å². The van der Waals surface area contributed by atoms with E-state index in [1.807, 2.05) is 4.90 Å². The molecule has 1 unspecified atom stereocenters. The summed E-state index contributed by atoms with van der Waals surface area (Å²) in [5.41, 5.74) is 7.01. The van der Waals surface area contributed by atoms with Crippen LogP contribution in [0.4, 0.5) is 10.5 Å². The van der Waals surface area contributed by atoms with E-state index in [0.29, 0.717) is 36.6 Å². The molecule has 0 aliphatic carbocycles. The van der Waals surface area contributed by atoms with Crippen molar-refractivity contribution in [1.82, 2.24) is 10.2 Å². The van der Waals surface area contributed by atoms with E-state index in [9.17, 15) is 9.59 Å². The highest BCUT2D eigenvalue weighted by atomic mass is 16.5. The van der Waals surface area contributed by atoms with Gasteiger partial charge in [-0.1, -0.05) is 0 Å². The monoisotopic (exact) mass is 332 g/mol. The van der Waals surface area contributed by atoms with Crippen LogP contribution >= 0.6 is 0 Å². The number of carbonyl (C=O) groups is 2. The van der Waals surface area contributed by atoms with E-state index >= 15 is 0 Å². The summed E-state index contributed by atoms with van der Waals surface area (Å²) in [6, 6.07) is 5.16. The van der Waals surface area contributed by atoms with Crippen LogP contribution in [0.15, 0.2) is 18.2 Å². The third-order valence-corrected chi connectivity index (χ3v) is 4.73. The number of benzene rings is 1. The Morgan fingerprint density at radius 3 is 2.88 bits per heavy atom. The normalized spacial score (nSPS) is 20.9. The van der Waals surface area contributed by atoms with Crippen LogP contribution in [-0.2, 0) is 0 Å². The third kappa shape index (κ3) is 3.03. The molecule has 7 heteroatoms. The van der Waals surface area contributed by atoms with E-state index < -0.39 is 0 Å². The lowest BCUT2D eigenvalue weighted by Crippen LogP contribution is -2.47. The number of amides is 3. The first kappa shape index (κ1) is 16.6. The summed E-state index contributed by atoms with van der Waals surface area (Å²) in [5, 5.41) is 2.77. The molecule has 0 bridgehead atoms. The topological polar surface area (TPSA) is 87.9 Å². The molecule has 24 heavy (non-hydrogen) atoms. The summed E-state index contributed by atoms with van der Waals surface area (Å²) in [6.07, 6.45) is 3.05. The number of hydrogen-bond acceptors (Lipinski definition) is 4. The SMILES string of the molecule is COc1ccc(C(=O)N2CCCCC2CN)cc1N1CCNC1=O. The first-order valence-electron chi connectivity index (χ1n) is 8.40. The van der Waals surface area contributed by atoms with E-state index in [-0.39, 0.29) is 18.0 Å². The van der Waals surface area contributed by atoms with Gasteiger partial charge in [0.2, 0.25) is 0 Å². The fourth-order valence-corrected chi connectivity index (χ4v) is 3.41. The van der Waals surface area contributed by atoms with Gasteiger partial charge in [-0.25, -0.2) is 4.79 Å². The standard InChI is InChI=1S/C17H24N4O3/c1-24-15-6-5-12(10-14(15)21-9-7-19-17(21)23)16(22)20-8-3-2-4-13(20)11-18/h5-6,10,13H,2-4,7-9,11,18H2,1H3,(H,19,23). The zero-order chi connectivity index (χ0) is 17.1. The quantitative estimate of drug-likeness (QED) is 0.866. The van der Waals surface area contributed by atoms with Gasteiger partial charge in [0.1, 0.15) is 5.75 Å². The second kappa shape index (κ2) is 7.09. The van der Waals surface area contributed by atoms with Gasteiger partial charge < -0.3 is 20.7 Å². The van der Waals surface area contributed by atoms with Crippen LogP contribution in [0.2, 0.25) is 0 Å². The Morgan fingerprint density at radius 1 is 1.38 bits per heavy atom. The number of anilines is 1. The molecule has 130 valence electrons. The van der Waals surface area contributed by atoms with Crippen molar-refractivity contribution in [2.24, 2.45) is 5.73 Å². The molecular weight excluding hydrogens is 308 g/mol. The minimum atomic E-state index is -0.171. The number of urea groups is 1. The maximum absolute atomic E-state index is 12.9. The fraction of sp³-hybridized carbons (Fsp3) is 0.529. The highest BCUT2D eigenvalue weighted by Crippen LogP contribution is 2.31. The van der Waals surface area contributed by atoms with Crippen LogP contribution in [0.5, 0.6) is 5.75 Å². The van der Waals surface area contributed by atoms with Gasteiger partial charge in [0, 0.05) is 37.8 Å². The molecule has 2 heterocycles. The molecular formula is C17H24N4O3. The number of rotatable bonds is 4. The molecule has 0 saturated carbocycles. The van der Waals surface area contributed by atoms with Crippen LogP contribution in [0, 0.1) is 0 Å². The Balaban J connectivity index is 1.90. The molecule has 0 aromatic heterocycles. The van der Waals surface area contributed by atoms with Gasteiger partial charge in [-0.15, -0.1) is 0 Å². The molecule has 2 fully saturated rings. The maximum Gasteiger partial charge on any atom is 0.322 e. The molecule has 2 aliphatic heterocycles. The smallest absolute Gasteiger partial charge is 0.322 e. The Bertz CT molecular complexity index is 634. The van der Waals surface area contributed by atoms with Crippen LogP contribution in [-0.4, -0.2) is 56.2 Å². The lowest BCUT2D eigenvalue weighted by molar-refractivity contribution is 0.0623. The third-order valence-electron chi connectivity index (χ3n) is 4.73. The molecule has 3 amide bonds. The van der Waals surface area contributed by atoms with E-state index in [2.05, 4.69) is 5.32 Å². The van der Waals surface area contributed by atoms with Crippen molar-refractivity contribution in [3.63, 3.8) is 0 Å². The Kier molecular flexibility index (Phi) is 4.89. The molecule has 7 nitrogen and oxygen atoms in total. The number of likely N-dealkylation sites (tertiary alicyclic amines) is 1. The number of piperidine rings is 1. The van der Waals surface area contributed by atoms with Crippen molar-refractivity contribution in [3.8, 4) is 5.75 Å². The summed E-state index contributed by atoms with van der Waals surface area (Å²) in [7, 11) is 1.56. The summed E-state index contributed by atoms with van der Waals surface area (Å²) in [6.45, 7) is 2.35. The van der Waals surface area contributed by atoms with E-state index in [1.165, 1.54) is 0 Å². The Hall–Kier alpha value is -2.28. The number of hydrogen-bond donors (Lipinski definition) is 2. The number of nitrogens with two attached hydrogens (primary N) is 1. The molecule has 0 spiro atoms. The molecule has 3 rings (SSSR count). The first-order valence-corrected chi connectivity index (χ1v) is 8.40. The summed E-state index contributed by atoms with van der Waals surface area (Å²) in [5.74, 6) is 0.547. The van der Waals surface area contributed by atoms with E-state index in [0.717, 1.165) is 25.8 Å². The number of nitrogens with zero attached hydrogens (tertiary/aromatic N) is 2. The van der Waals surface area contributed by atoms with Crippen molar-refractivity contribution in [3.05, 3.63) is 23.8 Å². The zero-order valence-electron chi connectivity index (χ0n) is 14.0. The first-order chi connectivity index (χ1) is 11.7. The maximum atomic E-state index is 12.9. The van der Waals surface area contributed by atoms with Crippen LogP contribution in [0.1, 0.15) is 29.6 Å². The number of nitrogens with one attached hydrogen (secondary N) is 1. The average molecular weight is 332 g/mol. The van der Waals surface area contributed by atoms with Crippen molar-refractivity contribution in [2.45, 2.75) is 25.3 Å². The van der Waals surface area contributed by atoms with Gasteiger partial charge in [-0.2, -0.15) is 0 Å². The predicted molar refractivity (Wildman–Crippen MR) is 91.5 cm³/mol. The van der Waals surface area contributed by atoms with Crippen LogP contribution in [0.3, 0.4) is 0 Å². The Morgan fingerprint density at radius 2 is 2.21 bits per heavy atom. The lowest BCUT2D eigenvalue weighted by Gasteiger charge is -2.35. The fourth-order valence-electron chi connectivity index (χ4n) is 3.41. The molecule has 1 aromatic carbocycles. The van der Waals surface area contributed by atoms with Gasteiger partial charge in [0.15, 0.2) is 0 Å². The average Bonchev–Trinajstić information content (AvgIpc) is 3.06. The highest BCUT2D eigenvalue weighted by molar-refractivity contribution is 6.00. The van der Waals surface area contributed by atoms with Gasteiger partial charge >= 0.3 is 6.03 Å². The van der Waals surface area contributed by atoms with Crippen molar-refractivity contribution in [2.75, 3.05) is 38.2 Å². The Labute approximate surface area is 141 Å². The second-order valence-electron chi connectivity index (χ2n) is 6.15. The largest absolute Gasteiger partial charge is 0.495 e. The minimum Gasteiger partial charge on any atom is -0.495 e. The lowest BCUT2D eigenvalue weighted by atomic mass is 10.0. The van der Waals surface area contributed by atoms with Gasteiger partial charge in [-0.05, 0) is 37.5 Å². The molecule has 1 aromatic rings. The van der Waals surface area contributed by atoms with E-state index in [1.54, 1.807) is 30.2 Å². The molecule has 0 radical (unpaired) electrons. The summed E-state index contributed by atoms with van der Waals surface area (Å²) >= 11 is 0. The molecule has 2 saturated heterocycles. The van der Waals surface area contributed by atoms with Crippen molar-refractivity contribution < 1.29 is 14.3 Å². The zero-order valence-corrected chi connectivity index (χ0v) is 14.0. The van der Waals surface area contributed by atoms with Crippen LogP contribution < -0.4 is 20.7 Å². The molecule has 3 N–H and O–H groups in total. The van der Waals surface area contributed by atoms with Gasteiger partial charge in [-0.3, -0.25) is 9.69 Å². The van der Waals surface area contributed by atoms with Gasteiger partial charge in [0.25, 0.3) is 5.91 Å². The minimum absolute atomic E-state index is 0.0336.